The summed E-state index contributed by atoms with van der Waals surface area (Å²) in [5.41, 5.74) is 4.10. The largest absolute Gasteiger partial charge is 0.457 e. The average molecular weight is 627 g/mol. The number of nitrogens with zero attached hydrogens (tertiary/aromatic N) is 4. The molecule has 5 rings (SSSR count). The van der Waals surface area contributed by atoms with Crippen LogP contribution in [0.25, 0.3) is 22.3 Å². The van der Waals surface area contributed by atoms with Crippen LogP contribution in [-0.4, -0.2) is 34.7 Å². The normalized spacial score (nSPS) is 12.2. The highest BCUT2D eigenvalue weighted by molar-refractivity contribution is 7.89. The van der Waals surface area contributed by atoms with Crippen LogP contribution in [0.1, 0.15) is 5.56 Å². The van der Waals surface area contributed by atoms with Crippen LogP contribution in [-0.2, 0) is 22.7 Å². The topological polar surface area (TPSA) is 125 Å². The smallest absolute Gasteiger partial charge is 0.420 e. The average Bonchev–Trinajstić information content (AvgIpc) is 3.33. The van der Waals surface area contributed by atoms with E-state index in [1.54, 1.807) is 53.3 Å². The number of hydrogen-bond donors (Lipinski definition) is 2. The molecule has 17 heteroatoms. The van der Waals surface area contributed by atoms with Gasteiger partial charge in [0, 0.05) is 12.1 Å². The van der Waals surface area contributed by atoms with E-state index in [0.717, 1.165) is 11.0 Å². The van der Waals surface area contributed by atoms with Crippen molar-refractivity contribution in [2.45, 2.75) is 17.6 Å². The second-order valence-corrected chi connectivity index (χ2v) is 10.5. The molecule has 43 heavy (non-hydrogen) atoms. The molecular formula is C26H17F7N6O3S. The Morgan fingerprint density at radius 3 is 2.14 bits per heavy atom. The van der Waals surface area contributed by atoms with Crippen molar-refractivity contribution in [1.82, 2.24) is 24.5 Å². The number of benzene rings is 3. The number of nitrogen functional groups attached to an aromatic ring is 1. The quantitative estimate of drug-likeness (QED) is 0.134. The first-order chi connectivity index (χ1) is 20.3. The van der Waals surface area contributed by atoms with Crippen molar-refractivity contribution in [3.05, 3.63) is 89.8 Å². The van der Waals surface area contributed by atoms with E-state index < -0.39 is 63.0 Å². The van der Waals surface area contributed by atoms with Crippen LogP contribution in [0.15, 0.2) is 65.8 Å². The van der Waals surface area contributed by atoms with Crippen LogP contribution in [0, 0.1) is 23.3 Å². The third kappa shape index (κ3) is 5.68. The van der Waals surface area contributed by atoms with Gasteiger partial charge in [0.05, 0.1) is 11.9 Å². The molecule has 0 aliphatic rings. The minimum absolute atomic E-state index is 0.00518. The number of nitrogens with one attached hydrogen (secondary N) is 1. The second-order valence-electron chi connectivity index (χ2n) is 8.82. The van der Waals surface area contributed by atoms with E-state index in [4.69, 9.17) is 10.5 Å². The third-order valence-electron chi connectivity index (χ3n) is 6.06. The van der Waals surface area contributed by atoms with Crippen LogP contribution in [0.4, 0.5) is 36.6 Å². The lowest BCUT2D eigenvalue weighted by Crippen LogP contribution is -2.32. The molecule has 0 unspecified atom stereocenters. The molecule has 0 fully saturated rings. The molecule has 0 saturated heterocycles. The second kappa shape index (κ2) is 11.1. The molecule has 0 spiro atoms. The molecule has 2 heterocycles. The summed E-state index contributed by atoms with van der Waals surface area (Å²) in [4.78, 5) is 5.59. The summed E-state index contributed by atoms with van der Waals surface area (Å²) in [5, 5.41) is 4.63. The van der Waals surface area contributed by atoms with Gasteiger partial charge in [-0.15, -0.1) is 0 Å². The Morgan fingerprint density at radius 2 is 1.49 bits per heavy atom. The SMILES string of the molecule is Nc1ncnc2c1c(-c1ccc(Oc3ccccc3)cc1)nn2CCNS(=O)(=O)c1c(F)c(F)c(F)c(F)c1C(F)(F)F. The van der Waals surface area contributed by atoms with E-state index in [1.165, 1.54) is 0 Å². The predicted octanol–water partition coefficient (Wildman–Crippen LogP) is 5.42. The minimum atomic E-state index is -5.88. The Kier molecular flexibility index (Phi) is 7.70. The molecule has 0 saturated carbocycles. The Balaban J connectivity index is 1.43. The van der Waals surface area contributed by atoms with Crippen LogP contribution < -0.4 is 15.2 Å². The molecule has 9 nitrogen and oxygen atoms in total. The number of rotatable bonds is 8. The molecule has 0 bridgehead atoms. The summed E-state index contributed by atoms with van der Waals surface area (Å²) < 4.78 is 130. The highest BCUT2D eigenvalue weighted by Crippen LogP contribution is 2.39. The number of para-hydroxylation sites is 1. The minimum Gasteiger partial charge on any atom is -0.457 e. The molecule has 0 radical (unpaired) electrons. The Hall–Kier alpha value is -4.77. The molecule has 0 atom stereocenters. The lowest BCUT2D eigenvalue weighted by molar-refractivity contribution is -0.143. The lowest BCUT2D eigenvalue weighted by Gasteiger charge is -2.16. The monoisotopic (exact) mass is 626 g/mol. The first-order valence-electron chi connectivity index (χ1n) is 12.0. The van der Waals surface area contributed by atoms with Crippen molar-refractivity contribution >= 4 is 26.9 Å². The summed E-state index contributed by atoms with van der Waals surface area (Å²) in [6.45, 7) is -1.18. The molecule has 0 amide bonds. The zero-order valence-electron chi connectivity index (χ0n) is 21.3. The van der Waals surface area contributed by atoms with Crippen molar-refractivity contribution < 1.29 is 43.9 Å². The van der Waals surface area contributed by atoms with E-state index in [-0.39, 0.29) is 22.5 Å². The van der Waals surface area contributed by atoms with Gasteiger partial charge in [0.25, 0.3) is 0 Å². The molecule has 5 aromatic rings. The first kappa shape index (κ1) is 29.7. The fourth-order valence-corrected chi connectivity index (χ4v) is 5.47. The molecule has 224 valence electrons. The van der Waals surface area contributed by atoms with Gasteiger partial charge in [-0.25, -0.2) is 45.4 Å². The molecular weight excluding hydrogens is 609 g/mol. The highest BCUT2D eigenvalue weighted by Gasteiger charge is 2.45. The van der Waals surface area contributed by atoms with Crippen molar-refractivity contribution in [2.75, 3.05) is 12.3 Å². The number of halogens is 7. The van der Waals surface area contributed by atoms with Crippen molar-refractivity contribution in [2.24, 2.45) is 0 Å². The van der Waals surface area contributed by atoms with Gasteiger partial charge in [0.15, 0.2) is 28.9 Å². The summed E-state index contributed by atoms with van der Waals surface area (Å²) >= 11 is 0. The number of ether oxygens (including phenoxy) is 1. The maximum absolute atomic E-state index is 14.3. The van der Waals surface area contributed by atoms with Crippen molar-refractivity contribution in [3.8, 4) is 22.8 Å². The van der Waals surface area contributed by atoms with Crippen molar-refractivity contribution in [1.29, 1.82) is 0 Å². The van der Waals surface area contributed by atoms with Crippen LogP contribution in [0.2, 0.25) is 0 Å². The zero-order valence-corrected chi connectivity index (χ0v) is 22.1. The molecule has 0 aliphatic heterocycles. The van der Waals surface area contributed by atoms with E-state index in [0.29, 0.717) is 17.1 Å². The number of sulfonamides is 1. The van der Waals surface area contributed by atoms with Gasteiger partial charge in [-0.1, -0.05) is 18.2 Å². The van der Waals surface area contributed by atoms with Crippen LogP contribution >= 0.6 is 0 Å². The molecule has 2 aromatic heterocycles. The van der Waals surface area contributed by atoms with Gasteiger partial charge >= 0.3 is 6.18 Å². The van der Waals surface area contributed by atoms with E-state index in [1.807, 2.05) is 6.07 Å². The number of fused-ring (bicyclic) bond motifs is 1. The van der Waals surface area contributed by atoms with Gasteiger partial charge in [-0.3, -0.25) is 0 Å². The maximum Gasteiger partial charge on any atom is 0.420 e. The number of anilines is 1. The summed E-state index contributed by atoms with van der Waals surface area (Å²) in [5.74, 6) is -10.1. The standard InChI is InChI=1S/C26H17F7N6O3S/c27-18-17(26(31,32)33)23(21(30)20(29)19(18)28)43(40,41)37-10-11-39-25-16(24(34)35-12-36-25)22(38-39)13-6-8-15(9-7-13)42-14-4-2-1-3-5-14/h1-9,12,37H,10-11H2,(H2,34,35,36). The highest BCUT2D eigenvalue weighted by atomic mass is 32.2. The summed E-state index contributed by atoms with van der Waals surface area (Å²) in [6, 6.07) is 15.5. The molecule has 0 aliphatic carbocycles. The van der Waals surface area contributed by atoms with Crippen molar-refractivity contribution in [3.63, 3.8) is 0 Å². The predicted molar refractivity (Wildman–Crippen MR) is 138 cm³/mol. The lowest BCUT2D eigenvalue weighted by atomic mass is 10.1. The van der Waals surface area contributed by atoms with Gasteiger partial charge < -0.3 is 10.5 Å². The Labute approximate surface area is 237 Å². The Morgan fingerprint density at radius 1 is 0.860 bits per heavy atom. The molecule has 3 aromatic carbocycles. The number of hydrogen-bond acceptors (Lipinski definition) is 7. The number of aromatic nitrogens is 4. The van der Waals surface area contributed by atoms with Gasteiger partial charge in [-0.05, 0) is 36.4 Å². The fraction of sp³-hybridized carbons (Fsp3) is 0.115. The number of alkyl halides is 3. The molecule has 3 N–H and O–H groups in total. The first-order valence-corrected chi connectivity index (χ1v) is 13.5. The Bertz CT molecular complexity index is 1930. The zero-order chi connectivity index (χ0) is 31.1. The van der Waals surface area contributed by atoms with Gasteiger partial charge in [0.1, 0.15) is 39.8 Å². The number of nitrogens with two attached hydrogens (primary N) is 1. The summed E-state index contributed by atoms with van der Waals surface area (Å²) in [6.07, 6.45) is -4.79. The van der Waals surface area contributed by atoms with E-state index in [9.17, 15) is 39.2 Å². The van der Waals surface area contributed by atoms with Gasteiger partial charge in [0.2, 0.25) is 10.0 Å². The van der Waals surface area contributed by atoms with Crippen LogP contribution in [0.5, 0.6) is 11.5 Å². The summed E-state index contributed by atoms with van der Waals surface area (Å²) in [7, 11) is -5.58. The fourth-order valence-electron chi connectivity index (χ4n) is 4.17. The van der Waals surface area contributed by atoms with Crippen LogP contribution in [0.3, 0.4) is 0 Å². The maximum atomic E-state index is 14.3. The van der Waals surface area contributed by atoms with E-state index in [2.05, 4.69) is 15.1 Å². The van der Waals surface area contributed by atoms with Gasteiger partial charge in [-0.2, -0.15) is 18.3 Å². The third-order valence-corrected chi connectivity index (χ3v) is 7.56. The van der Waals surface area contributed by atoms with E-state index >= 15 is 0 Å².